The van der Waals surface area contributed by atoms with Gasteiger partial charge in [0.25, 0.3) is 10.0 Å². The van der Waals surface area contributed by atoms with Gasteiger partial charge in [-0.15, -0.1) is 0 Å². The number of hydrogen-bond donors (Lipinski definition) is 0. The molecule has 0 N–H and O–H groups in total. The van der Waals surface area contributed by atoms with Gasteiger partial charge in [-0.1, -0.05) is 24.3 Å². The van der Waals surface area contributed by atoms with Gasteiger partial charge in [0.15, 0.2) is 0 Å². The number of rotatable bonds is 6. The van der Waals surface area contributed by atoms with Crippen LogP contribution in [0, 0.1) is 0 Å². The molecule has 3 rings (SSSR count). The highest BCUT2D eigenvalue weighted by atomic mass is 32.2. The van der Waals surface area contributed by atoms with E-state index in [1.165, 1.54) is 23.8 Å². The summed E-state index contributed by atoms with van der Waals surface area (Å²) in [6.45, 7) is 5.55. The highest BCUT2D eigenvalue weighted by molar-refractivity contribution is 7.92. The Bertz CT molecular complexity index is 1160. The lowest BCUT2D eigenvalue weighted by molar-refractivity contribution is 0.582. The molecule has 0 radical (unpaired) electrons. The van der Waals surface area contributed by atoms with E-state index in [-0.39, 0.29) is 4.90 Å². The van der Waals surface area contributed by atoms with Gasteiger partial charge in [0.1, 0.15) is 16.7 Å². The van der Waals surface area contributed by atoms with Gasteiger partial charge in [-0.2, -0.15) is 4.40 Å². The highest BCUT2D eigenvalue weighted by Gasteiger charge is 2.24. The Balaban J connectivity index is 2.05. The van der Waals surface area contributed by atoms with Crippen LogP contribution in [0.2, 0.25) is 0 Å². The summed E-state index contributed by atoms with van der Waals surface area (Å²) >= 11 is 0. The van der Waals surface area contributed by atoms with Crippen LogP contribution in [-0.4, -0.2) is 30.6 Å². The van der Waals surface area contributed by atoms with E-state index >= 15 is 0 Å². The smallest absolute Gasteiger partial charge is 0.264 e. The highest BCUT2D eigenvalue weighted by Crippen LogP contribution is 2.34. The molecule has 30 heavy (non-hydrogen) atoms. The first-order valence-electron chi connectivity index (χ1n) is 9.28. The second kappa shape index (κ2) is 8.57. The van der Waals surface area contributed by atoms with Crippen molar-refractivity contribution in [3.63, 3.8) is 0 Å². The monoisotopic (exact) mass is 444 g/mol. The van der Waals surface area contributed by atoms with E-state index in [1.54, 1.807) is 60.7 Å². The van der Waals surface area contributed by atoms with E-state index in [9.17, 15) is 12.6 Å². The van der Waals surface area contributed by atoms with Crippen LogP contribution >= 0.6 is 0 Å². The molecule has 0 aliphatic rings. The van der Waals surface area contributed by atoms with Crippen molar-refractivity contribution in [1.29, 1.82) is 0 Å². The molecular formula is C22H24N2O4S2. The Morgan fingerprint density at radius 1 is 1.03 bits per heavy atom. The summed E-state index contributed by atoms with van der Waals surface area (Å²) in [4.78, 5) is 0.198. The topological polar surface area (TPSA) is 80.0 Å². The van der Waals surface area contributed by atoms with Crippen molar-refractivity contribution in [2.24, 2.45) is 4.40 Å². The van der Waals surface area contributed by atoms with E-state index in [0.29, 0.717) is 22.6 Å². The first-order chi connectivity index (χ1) is 14.1. The maximum atomic E-state index is 13.1. The van der Waals surface area contributed by atoms with Crippen LogP contribution in [0.3, 0.4) is 0 Å². The molecule has 6 nitrogen and oxygen atoms in total. The fourth-order valence-corrected chi connectivity index (χ4v) is 4.45. The molecule has 158 valence electrons. The summed E-state index contributed by atoms with van der Waals surface area (Å²) < 4.78 is 48.9. The van der Waals surface area contributed by atoms with Gasteiger partial charge in [-0.25, -0.2) is 12.6 Å². The van der Waals surface area contributed by atoms with Crippen molar-refractivity contribution < 1.29 is 17.0 Å². The molecule has 8 heteroatoms. The van der Waals surface area contributed by atoms with Crippen LogP contribution in [0.25, 0.3) is 11.3 Å². The molecule has 0 bridgehead atoms. The van der Waals surface area contributed by atoms with Gasteiger partial charge in [0.05, 0.1) is 21.6 Å². The summed E-state index contributed by atoms with van der Waals surface area (Å²) in [6, 6.07) is 16.9. The third kappa shape index (κ3) is 4.71. The van der Waals surface area contributed by atoms with Crippen LogP contribution in [-0.2, 0) is 21.0 Å². The minimum atomic E-state index is -3.75. The molecule has 3 aromatic rings. The average molecular weight is 445 g/mol. The summed E-state index contributed by atoms with van der Waals surface area (Å²) in [5.74, 6) is 0.521. The summed E-state index contributed by atoms with van der Waals surface area (Å²) in [5.41, 5.74) is 1.74. The molecule has 1 aromatic heterocycles. The minimum absolute atomic E-state index is 0.198. The number of benzene rings is 2. The normalized spacial score (nSPS) is 13.5. The van der Waals surface area contributed by atoms with Crippen molar-refractivity contribution in [2.75, 3.05) is 11.4 Å². The number of sulfonamides is 1. The van der Waals surface area contributed by atoms with Crippen LogP contribution in [0.1, 0.15) is 26.3 Å². The molecule has 0 saturated carbocycles. The molecule has 0 aliphatic heterocycles. The summed E-state index contributed by atoms with van der Waals surface area (Å²) in [6.07, 6.45) is 3.06. The van der Waals surface area contributed by atoms with Gasteiger partial charge >= 0.3 is 0 Å². The Labute approximate surface area is 179 Å². The van der Waals surface area contributed by atoms with Crippen LogP contribution in [0.15, 0.2) is 80.6 Å². The van der Waals surface area contributed by atoms with Gasteiger partial charge in [-0.3, -0.25) is 4.31 Å². The molecular weight excluding hydrogens is 420 g/mol. The second-order valence-corrected chi connectivity index (χ2v) is 11.5. The Morgan fingerprint density at radius 3 is 2.33 bits per heavy atom. The molecule has 0 amide bonds. The molecule has 0 fully saturated rings. The number of nitrogens with zero attached hydrogens (tertiary/aromatic N) is 2. The standard InChI is InChI=1S/C22H24N2O4S2/c1-22(2,3)29(25)23-16-17-12-13-20(19(15-17)21-11-8-14-28-21)24(4)30(26,27)18-9-6-5-7-10-18/h5-16H,1-4H3/b23-16+. The van der Waals surface area contributed by atoms with Crippen molar-refractivity contribution >= 4 is 32.9 Å². The third-order valence-electron chi connectivity index (χ3n) is 4.37. The molecule has 1 heterocycles. The second-order valence-electron chi connectivity index (χ2n) is 7.64. The Hall–Kier alpha value is -2.71. The number of anilines is 1. The Kier molecular flexibility index (Phi) is 6.28. The predicted octanol–water partition coefficient (Wildman–Crippen LogP) is 4.65. The lowest BCUT2D eigenvalue weighted by Gasteiger charge is -2.22. The molecule has 0 saturated heterocycles. The number of hydrogen-bond acceptors (Lipinski definition) is 4. The van der Waals surface area contributed by atoms with Crippen LogP contribution in [0.4, 0.5) is 5.69 Å². The third-order valence-corrected chi connectivity index (χ3v) is 7.50. The summed E-state index contributed by atoms with van der Waals surface area (Å²) in [5, 5.41) is 0. The molecule has 1 unspecified atom stereocenters. The first kappa shape index (κ1) is 22.0. The Morgan fingerprint density at radius 2 is 1.73 bits per heavy atom. The zero-order valence-corrected chi connectivity index (χ0v) is 18.9. The predicted molar refractivity (Wildman–Crippen MR) is 122 cm³/mol. The van der Waals surface area contributed by atoms with Crippen molar-refractivity contribution in [1.82, 2.24) is 0 Å². The SMILES string of the molecule is CN(c1ccc(/C=N/S(=O)C(C)(C)C)cc1-c1ccco1)S(=O)(=O)c1ccccc1. The van der Waals surface area contributed by atoms with Crippen molar-refractivity contribution in [3.05, 3.63) is 72.5 Å². The lowest BCUT2D eigenvalue weighted by atomic mass is 10.1. The zero-order chi connectivity index (χ0) is 21.9. The lowest BCUT2D eigenvalue weighted by Crippen LogP contribution is -2.27. The number of furan rings is 1. The average Bonchev–Trinajstić information content (AvgIpc) is 3.26. The minimum Gasteiger partial charge on any atom is -0.464 e. The fraction of sp³-hybridized carbons (Fsp3) is 0.227. The van der Waals surface area contributed by atoms with Gasteiger partial charge in [-0.05, 0) is 62.7 Å². The van der Waals surface area contributed by atoms with Gasteiger partial charge in [0, 0.05) is 18.8 Å². The van der Waals surface area contributed by atoms with Crippen molar-refractivity contribution in [2.45, 2.75) is 30.4 Å². The van der Waals surface area contributed by atoms with E-state index in [1.807, 2.05) is 20.8 Å². The quantitative estimate of drug-likeness (QED) is 0.518. The maximum absolute atomic E-state index is 13.1. The largest absolute Gasteiger partial charge is 0.464 e. The van der Waals surface area contributed by atoms with Gasteiger partial charge < -0.3 is 4.42 Å². The summed E-state index contributed by atoms with van der Waals surface area (Å²) in [7, 11) is -3.64. The van der Waals surface area contributed by atoms with Crippen molar-refractivity contribution in [3.8, 4) is 11.3 Å². The first-order valence-corrected chi connectivity index (χ1v) is 11.8. The molecule has 2 aromatic carbocycles. The van der Waals surface area contributed by atoms with E-state index in [0.717, 1.165) is 0 Å². The van der Waals surface area contributed by atoms with Crippen LogP contribution < -0.4 is 4.31 Å². The van der Waals surface area contributed by atoms with Gasteiger partial charge in [0.2, 0.25) is 0 Å². The van der Waals surface area contributed by atoms with E-state index < -0.39 is 25.8 Å². The maximum Gasteiger partial charge on any atom is 0.264 e. The van der Waals surface area contributed by atoms with E-state index in [4.69, 9.17) is 4.42 Å². The molecule has 0 aliphatic carbocycles. The van der Waals surface area contributed by atoms with Crippen LogP contribution in [0.5, 0.6) is 0 Å². The van der Waals surface area contributed by atoms with E-state index in [2.05, 4.69) is 4.40 Å². The molecule has 1 atom stereocenters. The fourth-order valence-electron chi connectivity index (χ4n) is 2.68. The molecule has 0 spiro atoms. The zero-order valence-electron chi connectivity index (χ0n) is 17.3.